The largest absolute Gasteiger partial charge is 0.339 e. The SMILES string of the molecule is CCC1CCCCN1C(=O)CN1CC(N)C1. The first-order valence-electron chi connectivity index (χ1n) is 6.48. The highest BCUT2D eigenvalue weighted by Crippen LogP contribution is 2.20. The third kappa shape index (κ3) is 2.55. The van der Waals surface area contributed by atoms with Crippen molar-refractivity contribution >= 4 is 5.91 Å². The zero-order valence-corrected chi connectivity index (χ0v) is 10.2. The van der Waals surface area contributed by atoms with Gasteiger partial charge in [0.2, 0.25) is 5.91 Å². The van der Waals surface area contributed by atoms with E-state index in [1.165, 1.54) is 19.3 Å². The van der Waals surface area contributed by atoms with Gasteiger partial charge in [-0.3, -0.25) is 9.69 Å². The van der Waals surface area contributed by atoms with E-state index in [9.17, 15) is 4.79 Å². The van der Waals surface area contributed by atoms with Crippen molar-refractivity contribution in [2.24, 2.45) is 5.73 Å². The van der Waals surface area contributed by atoms with Crippen molar-refractivity contribution in [3.8, 4) is 0 Å². The number of carbonyl (C=O) groups is 1. The molecule has 4 heteroatoms. The molecule has 1 atom stereocenters. The maximum absolute atomic E-state index is 12.1. The summed E-state index contributed by atoms with van der Waals surface area (Å²) in [6.07, 6.45) is 4.71. The van der Waals surface area contributed by atoms with Gasteiger partial charge in [-0.25, -0.2) is 0 Å². The number of hydrogen-bond acceptors (Lipinski definition) is 3. The maximum atomic E-state index is 12.1. The minimum absolute atomic E-state index is 0.288. The Hall–Kier alpha value is -0.610. The van der Waals surface area contributed by atoms with Crippen LogP contribution in [-0.2, 0) is 4.79 Å². The molecule has 92 valence electrons. The fraction of sp³-hybridized carbons (Fsp3) is 0.917. The van der Waals surface area contributed by atoms with Gasteiger partial charge in [0, 0.05) is 31.7 Å². The molecule has 1 amide bonds. The van der Waals surface area contributed by atoms with Crippen LogP contribution in [0.1, 0.15) is 32.6 Å². The van der Waals surface area contributed by atoms with E-state index in [-0.39, 0.29) is 6.04 Å². The van der Waals surface area contributed by atoms with Crippen LogP contribution in [0.5, 0.6) is 0 Å². The van der Waals surface area contributed by atoms with Crippen LogP contribution in [0.3, 0.4) is 0 Å². The van der Waals surface area contributed by atoms with Crippen LogP contribution in [0.4, 0.5) is 0 Å². The van der Waals surface area contributed by atoms with Crippen molar-refractivity contribution in [3.63, 3.8) is 0 Å². The summed E-state index contributed by atoms with van der Waals surface area (Å²) in [4.78, 5) is 16.4. The molecule has 2 rings (SSSR count). The zero-order chi connectivity index (χ0) is 11.5. The van der Waals surface area contributed by atoms with Crippen LogP contribution in [0, 0.1) is 0 Å². The average Bonchev–Trinajstić information content (AvgIpc) is 2.27. The number of rotatable bonds is 3. The van der Waals surface area contributed by atoms with E-state index in [0.29, 0.717) is 18.5 Å². The third-order valence-corrected chi connectivity index (χ3v) is 3.76. The van der Waals surface area contributed by atoms with Gasteiger partial charge in [0.15, 0.2) is 0 Å². The van der Waals surface area contributed by atoms with Crippen LogP contribution in [0.2, 0.25) is 0 Å². The number of likely N-dealkylation sites (tertiary alicyclic amines) is 2. The van der Waals surface area contributed by atoms with E-state index in [0.717, 1.165) is 26.1 Å². The molecule has 2 heterocycles. The third-order valence-electron chi connectivity index (χ3n) is 3.76. The van der Waals surface area contributed by atoms with Gasteiger partial charge < -0.3 is 10.6 Å². The monoisotopic (exact) mass is 225 g/mol. The van der Waals surface area contributed by atoms with Crippen LogP contribution in [-0.4, -0.2) is 54.0 Å². The highest BCUT2D eigenvalue weighted by molar-refractivity contribution is 5.78. The molecule has 0 spiro atoms. The first-order valence-corrected chi connectivity index (χ1v) is 6.48. The second-order valence-electron chi connectivity index (χ2n) is 5.10. The first-order chi connectivity index (χ1) is 7.70. The summed E-state index contributed by atoms with van der Waals surface area (Å²) in [7, 11) is 0. The van der Waals surface area contributed by atoms with Crippen molar-refractivity contribution in [3.05, 3.63) is 0 Å². The summed E-state index contributed by atoms with van der Waals surface area (Å²) in [5, 5.41) is 0. The van der Waals surface area contributed by atoms with Crippen molar-refractivity contribution in [1.29, 1.82) is 0 Å². The molecule has 0 saturated carbocycles. The Balaban J connectivity index is 1.82. The van der Waals surface area contributed by atoms with Crippen LogP contribution in [0.15, 0.2) is 0 Å². The number of nitrogens with two attached hydrogens (primary N) is 1. The fourth-order valence-electron chi connectivity index (χ4n) is 2.77. The zero-order valence-electron chi connectivity index (χ0n) is 10.2. The minimum Gasteiger partial charge on any atom is -0.339 e. The normalized spacial score (nSPS) is 27.9. The van der Waals surface area contributed by atoms with Crippen molar-refractivity contribution in [2.75, 3.05) is 26.2 Å². The van der Waals surface area contributed by atoms with Gasteiger partial charge in [0.05, 0.1) is 6.54 Å². The molecule has 2 saturated heterocycles. The lowest BCUT2D eigenvalue weighted by molar-refractivity contribution is -0.137. The predicted octanol–water partition coefficient (Wildman–Crippen LogP) is 0.420. The van der Waals surface area contributed by atoms with Gasteiger partial charge in [-0.05, 0) is 25.7 Å². The smallest absolute Gasteiger partial charge is 0.236 e. The molecule has 2 aliphatic heterocycles. The summed E-state index contributed by atoms with van der Waals surface area (Å²) in [5.41, 5.74) is 5.71. The van der Waals surface area contributed by atoms with Crippen LogP contribution >= 0.6 is 0 Å². The lowest BCUT2D eigenvalue weighted by atomic mass is 9.99. The summed E-state index contributed by atoms with van der Waals surface area (Å²) < 4.78 is 0. The van der Waals surface area contributed by atoms with E-state index < -0.39 is 0 Å². The molecule has 4 nitrogen and oxygen atoms in total. The Kier molecular flexibility index (Phi) is 3.82. The molecule has 16 heavy (non-hydrogen) atoms. The number of nitrogens with zero attached hydrogens (tertiary/aromatic N) is 2. The topological polar surface area (TPSA) is 49.6 Å². The minimum atomic E-state index is 0.288. The van der Waals surface area contributed by atoms with Crippen LogP contribution in [0.25, 0.3) is 0 Å². The Bertz CT molecular complexity index is 251. The summed E-state index contributed by atoms with van der Waals surface area (Å²) in [5.74, 6) is 0.304. The Morgan fingerprint density at radius 1 is 1.38 bits per heavy atom. The van der Waals surface area contributed by atoms with E-state index >= 15 is 0 Å². The number of amides is 1. The molecule has 0 aromatic carbocycles. The Morgan fingerprint density at radius 3 is 2.75 bits per heavy atom. The van der Waals surface area contributed by atoms with E-state index in [2.05, 4.69) is 16.7 Å². The number of carbonyl (C=O) groups excluding carboxylic acids is 1. The average molecular weight is 225 g/mol. The molecular formula is C12H23N3O. The van der Waals surface area contributed by atoms with Gasteiger partial charge in [0.1, 0.15) is 0 Å². The lowest BCUT2D eigenvalue weighted by Gasteiger charge is -2.40. The van der Waals surface area contributed by atoms with Crippen molar-refractivity contribution in [2.45, 2.75) is 44.7 Å². The summed E-state index contributed by atoms with van der Waals surface area (Å²) in [6, 6.07) is 0.771. The molecular weight excluding hydrogens is 202 g/mol. The molecule has 0 radical (unpaired) electrons. The molecule has 1 unspecified atom stereocenters. The standard InChI is InChI=1S/C12H23N3O/c1-2-11-5-3-4-6-15(11)12(16)9-14-7-10(13)8-14/h10-11H,2-9,13H2,1H3. The fourth-order valence-corrected chi connectivity index (χ4v) is 2.77. The highest BCUT2D eigenvalue weighted by atomic mass is 16.2. The van der Waals surface area contributed by atoms with Gasteiger partial charge in [-0.2, -0.15) is 0 Å². The molecule has 2 fully saturated rings. The highest BCUT2D eigenvalue weighted by Gasteiger charge is 2.30. The molecule has 2 N–H and O–H groups in total. The van der Waals surface area contributed by atoms with Crippen LogP contribution < -0.4 is 5.73 Å². The predicted molar refractivity (Wildman–Crippen MR) is 64.1 cm³/mol. The number of hydrogen-bond donors (Lipinski definition) is 1. The first kappa shape index (κ1) is 11.9. The maximum Gasteiger partial charge on any atom is 0.236 e. The lowest BCUT2D eigenvalue weighted by Crippen LogP contribution is -2.59. The van der Waals surface area contributed by atoms with Crippen molar-refractivity contribution in [1.82, 2.24) is 9.80 Å². The molecule has 0 aliphatic carbocycles. The molecule has 0 aromatic heterocycles. The molecule has 0 bridgehead atoms. The second kappa shape index (κ2) is 5.15. The summed E-state index contributed by atoms with van der Waals surface area (Å²) >= 11 is 0. The van der Waals surface area contributed by atoms with Crippen molar-refractivity contribution < 1.29 is 4.79 Å². The molecule has 2 aliphatic rings. The van der Waals surface area contributed by atoms with Gasteiger partial charge in [-0.15, -0.1) is 0 Å². The van der Waals surface area contributed by atoms with Gasteiger partial charge in [0.25, 0.3) is 0 Å². The Labute approximate surface area is 97.8 Å². The van der Waals surface area contributed by atoms with Gasteiger partial charge in [-0.1, -0.05) is 6.92 Å². The molecule has 0 aromatic rings. The number of piperidine rings is 1. The van der Waals surface area contributed by atoms with E-state index in [4.69, 9.17) is 5.73 Å². The van der Waals surface area contributed by atoms with Gasteiger partial charge >= 0.3 is 0 Å². The quantitative estimate of drug-likeness (QED) is 0.757. The van der Waals surface area contributed by atoms with E-state index in [1.54, 1.807) is 0 Å². The Morgan fingerprint density at radius 2 is 2.12 bits per heavy atom. The second-order valence-corrected chi connectivity index (χ2v) is 5.10. The van der Waals surface area contributed by atoms with E-state index in [1.807, 2.05) is 0 Å². The summed E-state index contributed by atoms with van der Waals surface area (Å²) in [6.45, 7) is 5.48.